The van der Waals surface area contributed by atoms with Gasteiger partial charge in [-0.1, -0.05) is 18.2 Å². The lowest BCUT2D eigenvalue weighted by molar-refractivity contribution is 0.269. The Morgan fingerprint density at radius 2 is 1.86 bits per heavy atom. The predicted molar refractivity (Wildman–Crippen MR) is 113 cm³/mol. The number of rotatable bonds is 5. The Morgan fingerprint density at radius 3 is 2.62 bits per heavy atom. The first-order valence-corrected chi connectivity index (χ1v) is 10.0. The fourth-order valence-electron chi connectivity index (χ4n) is 3.78. The molecule has 1 aliphatic rings. The van der Waals surface area contributed by atoms with Crippen molar-refractivity contribution in [1.29, 1.82) is 0 Å². The van der Waals surface area contributed by atoms with Crippen LogP contribution in [0.1, 0.15) is 12.0 Å². The molecule has 6 heteroatoms. The summed E-state index contributed by atoms with van der Waals surface area (Å²) in [5, 5.41) is 4.77. The zero-order valence-corrected chi connectivity index (χ0v) is 17.0. The number of aromatic nitrogens is 2. The number of para-hydroxylation sites is 1. The molecule has 3 aromatic rings. The van der Waals surface area contributed by atoms with Crippen LogP contribution in [0.4, 0.5) is 4.39 Å². The van der Waals surface area contributed by atoms with Gasteiger partial charge in [0.1, 0.15) is 17.3 Å². The molecule has 0 spiro atoms. The minimum atomic E-state index is -0.320. The normalized spacial score (nSPS) is 16.0. The minimum Gasteiger partial charge on any atom is -0.497 e. The molecule has 4 rings (SSSR count). The summed E-state index contributed by atoms with van der Waals surface area (Å²) in [6.45, 7) is 4.93. The van der Waals surface area contributed by atoms with Gasteiger partial charge in [0.25, 0.3) is 0 Å². The van der Waals surface area contributed by atoms with Crippen LogP contribution in [0.2, 0.25) is 0 Å². The molecule has 0 aliphatic carbocycles. The van der Waals surface area contributed by atoms with Crippen LogP contribution in [-0.4, -0.2) is 59.9 Å². The molecular formula is C23H27FN4O. The molecule has 0 saturated carbocycles. The first kappa shape index (κ1) is 19.6. The van der Waals surface area contributed by atoms with Gasteiger partial charge in [-0.25, -0.2) is 9.07 Å². The summed E-state index contributed by atoms with van der Waals surface area (Å²) in [4.78, 5) is 4.79. The van der Waals surface area contributed by atoms with Crippen molar-refractivity contribution in [3.05, 3.63) is 66.1 Å². The largest absolute Gasteiger partial charge is 0.497 e. The smallest absolute Gasteiger partial charge is 0.136 e. The molecule has 0 N–H and O–H groups in total. The van der Waals surface area contributed by atoms with Crippen molar-refractivity contribution in [2.45, 2.75) is 13.0 Å². The van der Waals surface area contributed by atoms with Gasteiger partial charge in [0.05, 0.1) is 12.8 Å². The molecule has 2 heterocycles. The van der Waals surface area contributed by atoms with Crippen molar-refractivity contribution in [3.8, 4) is 22.7 Å². The molecule has 0 bridgehead atoms. The van der Waals surface area contributed by atoms with Crippen molar-refractivity contribution in [1.82, 2.24) is 19.6 Å². The van der Waals surface area contributed by atoms with E-state index in [-0.39, 0.29) is 5.82 Å². The lowest BCUT2D eigenvalue weighted by Crippen LogP contribution is -2.28. The molecule has 0 radical (unpaired) electrons. The van der Waals surface area contributed by atoms with E-state index in [0.29, 0.717) is 17.0 Å². The van der Waals surface area contributed by atoms with Gasteiger partial charge < -0.3 is 9.64 Å². The van der Waals surface area contributed by atoms with E-state index < -0.39 is 0 Å². The molecule has 1 aliphatic heterocycles. The third-order valence-corrected chi connectivity index (χ3v) is 5.45. The molecular weight excluding hydrogens is 367 g/mol. The summed E-state index contributed by atoms with van der Waals surface area (Å²) in [5.74, 6) is 0.186. The zero-order valence-electron chi connectivity index (χ0n) is 17.0. The summed E-state index contributed by atoms with van der Waals surface area (Å²) < 4.78 is 21.9. The predicted octanol–water partition coefficient (Wildman–Crippen LogP) is 3.82. The second-order valence-electron chi connectivity index (χ2n) is 7.56. The Balaban J connectivity index is 1.71. The molecule has 29 heavy (non-hydrogen) atoms. The van der Waals surface area contributed by atoms with Crippen LogP contribution in [-0.2, 0) is 6.54 Å². The molecule has 2 aromatic carbocycles. The van der Waals surface area contributed by atoms with Crippen LogP contribution in [0, 0.1) is 5.82 Å². The van der Waals surface area contributed by atoms with E-state index in [0.717, 1.165) is 50.4 Å². The number of benzene rings is 2. The molecule has 5 nitrogen and oxygen atoms in total. The fraction of sp³-hybridized carbons (Fsp3) is 0.348. The van der Waals surface area contributed by atoms with Crippen molar-refractivity contribution in [2.75, 3.05) is 40.3 Å². The molecule has 1 aromatic heterocycles. The number of ether oxygens (including phenoxy) is 1. The van der Waals surface area contributed by atoms with Gasteiger partial charge in [0, 0.05) is 43.0 Å². The van der Waals surface area contributed by atoms with Crippen molar-refractivity contribution < 1.29 is 9.13 Å². The Hall–Kier alpha value is -2.70. The van der Waals surface area contributed by atoms with Gasteiger partial charge in [-0.05, 0) is 50.8 Å². The van der Waals surface area contributed by atoms with Crippen LogP contribution in [0.25, 0.3) is 16.9 Å². The Kier molecular flexibility index (Phi) is 5.92. The van der Waals surface area contributed by atoms with Gasteiger partial charge in [-0.2, -0.15) is 5.10 Å². The Labute approximate surface area is 171 Å². The summed E-state index contributed by atoms with van der Waals surface area (Å²) in [7, 11) is 3.70. The van der Waals surface area contributed by atoms with Gasteiger partial charge in [-0.3, -0.25) is 4.90 Å². The standard InChI is InChI=1S/C23H27FN4O/c1-26-11-6-12-27(14-13-26)16-18-17-28(19-7-4-3-5-8-19)25-23(18)21-10-9-20(29-2)15-22(21)24/h3-5,7-10,15,17H,6,11-14,16H2,1-2H3. The van der Waals surface area contributed by atoms with E-state index in [1.165, 1.54) is 6.07 Å². The van der Waals surface area contributed by atoms with Gasteiger partial charge >= 0.3 is 0 Å². The second-order valence-corrected chi connectivity index (χ2v) is 7.56. The maximum Gasteiger partial charge on any atom is 0.136 e. The van der Waals surface area contributed by atoms with Crippen LogP contribution in [0.15, 0.2) is 54.7 Å². The van der Waals surface area contributed by atoms with Gasteiger partial charge in [0.2, 0.25) is 0 Å². The zero-order chi connectivity index (χ0) is 20.2. The number of likely N-dealkylation sites (N-methyl/N-ethyl adjacent to an activating group) is 1. The maximum atomic E-state index is 14.9. The third-order valence-electron chi connectivity index (χ3n) is 5.45. The molecule has 0 atom stereocenters. The highest BCUT2D eigenvalue weighted by atomic mass is 19.1. The monoisotopic (exact) mass is 394 g/mol. The lowest BCUT2D eigenvalue weighted by atomic mass is 10.1. The van der Waals surface area contributed by atoms with Crippen LogP contribution in [0.3, 0.4) is 0 Å². The van der Waals surface area contributed by atoms with E-state index in [9.17, 15) is 4.39 Å². The Morgan fingerprint density at radius 1 is 1.03 bits per heavy atom. The summed E-state index contributed by atoms with van der Waals surface area (Å²) in [5.41, 5.74) is 3.18. The Bertz CT molecular complexity index is 957. The van der Waals surface area contributed by atoms with Crippen molar-refractivity contribution >= 4 is 0 Å². The maximum absolute atomic E-state index is 14.9. The first-order chi connectivity index (χ1) is 14.1. The number of hydrogen-bond donors (Lipinski definition) is 0. The third kappa shape index (κ3) is 4.49. The summed E-state index contributed by atoms with van der Waals surface area (Å²) in [6.07, 6.45) is 3.17. The van der Waals surface area contributed by atoms with E-state index in [4.69, 9.17) is 9.84 Å². The SMILES string of the molecule is COc1ccc(-c2nn(-c3ccccc3)cc2CN2CCCN(C)CC2)c(F)c1. The van der Waals surface area contributed by atoms with E-state index in [1.807, 2.05) is 41.2 Å². The number of hydrogen-bond acceptors (Lipinski definition) is 4. The van der Waals surface area contributed by atoms with Gasteiger partial charge in [0.15, 0.2) is 0 Å². The van der Waals surface area contributed by atoms with E-state index >= 15 is 0 Å². The molecule has 0 amide bonds. The quantitative estimate of drug-likeness (QED) is 0.659. The average Bonchev–Trinajstić information content (AvgIpc) is 3.04. The molecule has 152 valence electrons. The van der Waals surface area contributed by atoms with Crippen molar-refractivity contribution in [3.63, 3.8) is 0 Å². The summed E-state index contributed by atoms with van der Waals surface area (Å²) >= 11 is 0. The summed E-state index contributed by atoms with van der Waals surface area (Å²) in [6, 6.07) is 14.9. The highest BCUT2D eigenvalue weighted by Gasteiger charge is 2.20. The number of methoxy groups -OCH3 is 1. The van der Waals surface area contributed by atoms with Crippen LogP contribution < -0.4 is 4.74 Å². The van der Waals surface area contributed by atoms with Gasteiger partial charge in [-0.15, -0.1) is 0 Å². The molecule has 1 saturated heterocycles. The highest BCUT2D eigenvalue weighted by molar-refractivity contribution is 5.65. The lowest BCUT2D eigenvalue weighted by Gasteiger charge is -2.20. The fourth-order valence-corrected chi connectivity index (χ4v) is 3.78. The van der Waals surface area contributed by atoms with E-state index in [1.54, 1.807) is 19.2 Å². The van der Waals surface area contributed by atoms with E-state index in [2.05, 4.69) is 16.8 Å². The topological polar surface area (TPSA) is 33.5 Å². The minimum absolute atomic E-state index is 0.320. The highest BCUT2D eigenvalue weighted by Crippen LogP contribution is 2.29. The first-order valence-electron chi connectivity index (χ1n) is 10.0. The van der Waals surface area contributed by atoms with Crippen molar-refractivity contribution in [2.24, 2.45) is 0 Å². The second kappa shape index (κ2) is 8.76. The molecule has 1 fully saturated rings. The number of halogens is 1. The average molecular weight is 394 g/mol. The molecule has 0 unspecified atom stereocenters. The van der Waals surface area contributed by atoms with Crippen LogP contribution >= 0.6 is 0 Å². The number of nitrogens with zero attached hydrogens (tertiary/aromatic N) is 4. The van der Waals surface area contributed by atoms with Crippen LogP contribution in [0.5, 0.6) is 5.75 Å².